The zero-order chi connectivity index (χ0) is 14.7. The lowest BCUT2D eigenvalue weighted by atomic mass is 9.94. The standard InChI is InChI=1S/C16H17N3OS/c1-11-14(13-9-5-6-10-17-13)21-16(18-11)19-15(20)12-7-3-2-4-8-12/h2-3,5-6,9-10,12H,4,7-8H2,1H3,(H,18,19,20)/t12-/m0/s1. The number of aromatic nitrogens is 2. The van der Waals surface area contributed by atoms with Crippen LogP contribution in [0.5, 0.6) is 0 Å². The molecule has 1 amide bonds. The molecule has 4 nitrogen and oxygen atoms in total. The van der Waals surface area contributed by atoms with Gasteiger partial charge in [0, 0.05) is 12.1 Å². The molecule has 1 atom stereocenters. The predicted octanol–water partition coefficient (Wildman–Crippen LogP) is 3.81. The molecule has 0 unspecified atom stereocenters. The highest BCUT2D eigenvalue weighted by Crippen LogP contribution is 2.32. The van der Waals surface area contributed by atoms with Crippen LogP contribution < -0.4 is 5.32 Å². The van der Waals surface area contributed by atoms with Gasteiger partial charge in [-0.25, -0.2) is 4.98 Å². The summed E-state index contributed by atoms with van der Waals surface area (Å²) in [6, 6.07) is 5.80. The number of hydrogen-bond donors (Lipinski definition) is 1. The van der Waals surface area contributed by atoms with Gasteiger partial charge in [-0.3, -0.25) is 9.78 Å². The molecule has 0 saturated heterocycles. The fourth-order valence-electron chi connectivity index (χ4n) is 2.42. The van der Waals surface area contributed by atoms with E-state index in [1.165, 1.54) is 11.3 Å². The number of anilines is 1. The van der Waals surface area contributed by atoms with Crippen LogP contribution in [0.15, 0.2) is 36.5 Å². The van der Waals surface area contributed by atoms with Gasteiger partial charge in [0.05, 0.1) is 16.3 Å². The Morgan fingerprint density at radius 1 is 1.38 bits per heavy atom. The Morgan fingerprint density at radius 2 is 2.29 bits per heavy atom. The summed E-state index contributed by atoms with van der Waals surface area (Å²) in [5.41, 5.74) is 1.80. The highest BCUT2D eigenvalue weighted by molar-refractivity contribution is 7.19. The fourth-order valence-corrected chi connectivity index (χ4v) is 3.37. The molecule has 1 aliphatic rings. The van der Waals surface area contributed by atoms with Gasteiger partial charge in [-0.05, 0) is 38.3 Å². The van der Waals surface area contributed by atoms with Gasteiger partial charge in [0.15, 0.2) is 5.13 Å². The van der Waals surface area contributed by atoms with Crippen molar-refractivity contribution in [3.8, 4) is 10.6 Å². The molecule has 5 heteroatoms. The first-order valence-corrected chi connectivity index (χ1v) is 7.90. The normalized spacial score (nSPS) is 17.7. The van der Waals surface area contributed by atoms with Gasteiger partial charge >= 0.3 is 0 Å². The molecular formula is C16H17N3OS. The van der Waals surface area contributed by atoms with Crippen LogP contribution in [0.25, 0.3) is 10.6 Å². The molecule has 2 heterocycles. The maximum absolute atomic E-state index is 12.2. The monoisotopic (exact) mass is 299 g/mol. The Balaban J connectivity index is 1.75. The van der Waals surface area contributed by atoms with Gasteiger partial charge in [0.25, 0.3) is 0 Å². The fraction of sp³-hybridized carbons (Fsp3) is 0.312. The Labute approximate surface area is 128 Å². The lowest BCUT2D eigenvalue weighted by Gasteiger charge is -2.15. The summed E-state index contributed by atoms with van der Waals surface area (Å²) in [5, 5.41) is 3.61. The minimum atomic E-state index is 0.0671. The molecule has 0 radical (unpaired) electrons. The van der Waals surface area contributed by atoms with E-state index in [0.717, 1.165) is 35.5 Å². The smallest absolute Gasteiger partial charge is 0.229 e. The molecule has 0 saturated carbocycles. The topological polar surface area (TPSA) is 54.9 Å². The van der Waals surface area contributed by atoms with E-state index in [9.17, 15) is 4.79 Å². The van der Waals surface area contributed by atoms with Crippen molar-refractivity contribution < 1.29 is 4.79 Å². The number of thiazole rings is 1. The molecule has 1 aliphatic carbocycles. The number of aryl methyl sites for hydroxylation is 1. The van der Waals surface area contributed by atoms with E-state index in [-0.39, 0.29) is 11.8 Å². The zero-order valence-electron chi connectivity index (χ0n) is 11.9. The summed E-state index contributed by atoms with van der Waals surface area (Å²) in [6.45, 7) is 1.94. The number of amides is 1. The van der Waals surface area contributed by atoms with Gasteiger partial charge < -0.3 is 5.32 Å². The molecule has 2 aromatic rings. The Morgan fingerprint density at radius 3 is 3.00 bits per heavy atom. The highest BCUT2D eigenvalue weighted by Gasteiger charge is 2.20. The molecule has 0 spiro atoms. The molecule has 2 aromatic heterocycles. The van der Waals surface area contributed by atoms with Crippen LogP contribution in [-0.4, -0.2) is 15.9 Å². The van der Waals surface area contributed by atoms with Crippen molar-refractivity contribution in [2.45, 2.75) is 26.2 Å². The van der Waals surface area contributed by atoms with E-state index in [0.29, 0.717) is 5.13 Å². The first kappa shape index (κ1) is 13.9. The number of hydrogen-bond acceptors (Lipinski definition) is 4. The summed E-state index contributed by atoms with van der Waals surface area (Å²) in [5.74, 6) is 0.137. The molecule has 21 heavy (non-hydrogen) atoms. The van der Waals surface area contributed by atoms with Gasteiger partial charge in [0.1, 0.15) is 0 Å². The maximum Gasteiger partial charge on any atom is 0.229 e. The third-order valence-electron chi connectivity index (χ3n) is 3.56. The number of carbonyl (C=O) groups is 1. The summed E-state index contributed by atoms with van der Waals surface area (Å²) in [7, 11) is 0. The molecule has 108 valence electrons. The SMILES string of the molecule is Cc1nc(NC(=O)[C@H]2CC=CCC2)sc1-c1ccccn1. The van der Waals surface area contributed by atoms with Gasteiger partial charge in [-0.15, -0.1) is 0 Å². The van der Waals surface area contributed by atoms with E-state index in [1.807, 2.05) is 25.1 Å². The number of nitrogens with zero attached hydrogens (tertiary/aromatic N) is 2. The third-order valence-corrected chi connectivity index (χ3v) is 4.66. The van der Waals surface area contributed by atoms with Crippen LogP contribution in [0.2, 0.25) is 0 Å². The zero-order valence-corrected chi connectivity index (χ0v) is 12.7. The molecule has 0 aromatic carbocycles. The number of allylic oxidation sites excluding steroid dienone is 2. The number of pyridine rings is 1. The van der Waals surface area contributed by atoms with Crippen molar-refractivity contribution in [3.05, 3.63) is 42.2 Å². The molecule has 0 fully saturated rings. The van der Waals surface area contributed by atoms with Crippen LogP contribution in [0.1, 0.15) is 25.0 Å². The second kappa shape index (κ2) is 6.18. The number of nitrogens with one attached hydrogen (secondary N) is 1. The first-order chi connectivity index (χ1) is 10.2. The van der Waals surface area contributed by atoms with Crippen LogP contribution in [0.4, 0.5) is 5.13 Å². The van der Waals surface area contributed by atoms with Crippen molar-refractivity contribution >= 4 is 22.4 Å². The van der Waals surface area contributed by atoms with Crippen LogP contribution in [-0.2, 0) is 4.79 Å². The van der Waals surface area contributed by atoms with E-state index in [1.54, 1.807) is 6.20 Å². The van der Waals surface area contributed by atoms with Gasteiger partial charge in [0.2, 0.25) is 5.91 Å². The van der Waals surface area contributed by atoms with Crippen LogP contribution >= 0.6 is 11.3 Å². The molecule has 1 N–H and O–H groups in total. The summed E-state index contributed by atoms with van der Waals surface area (Å²) < 4.78 is 0. The average Bonchev–Trinajstić information content (AvgIpc) is 2.89. The second-order valence-corrected chi connectivity index (χ2v) is 6.12. The van der Waals surface area contributed by atoms with E-state index < -0.39 is 0 Å². The van der Waals surface area contributed by atoms with Crippen LogP contribution in [0, 0.1) is 12.8 Å². The Bertz CT molecular complexity index is 663. The van der Waals surface area contributed by atoms with Crippen molar-refractivity contribution in [2.24, 2.45) is 5.92 Å². The van der Waals surface area contributed by atoms with Crippen molar-refractivity contribution in [2.75, 3.05) is 5.32 Å². The highest BCUT2D eigenvalue weighted by atomic mass is 32.1. The predicted molar refractivity (Wildman–Crippen MR) is 85.2 cm³/mol. The van der Waals surface area contributed by atoms with E-state index in [2.05, 4.69) is 27.4 Å². The minimum absolute atomic E-state index is 0.0671. The third kappa shape index (κ3) is 3.19. The molecule has 3 rings (SSSR count). The van der Waals surface area contributed by atoms with Crippen molar-refractivity contribution in [1.29, 1.82) is 0 Å². The Hall–Kier alpha value is -2.01. The second-order valence-electron chi connectivity index (χ2n) is 5.12. The number of carbonyl (C=O) groups excluding carboxylic acids is 1. The van der Waals surface area contributed by atoms with Gasteiger partial charge in [-0.1, -0.05) is 29.6 Å². The number of rotatable bonds is 3. The van der Waals surface area contributed by atoms with Crippen molar-refractivity contribution in [3.63, 3.8) is 0 Å². The summed E-state index contributed by atoms with van der Waals surface area (Å²) in [4.78, 5) is 22.0. The largest absolute Gasteiger partial charge is 0.302 e. The molecule has 0 aliphatic heterocycles. The minimum Gasteiger partial charge on any atom is -0.302 e. The van der Waals surface area contributed by atoms with E-state index in [4.69, 9.17) is 0 Å². The summed E-state index contributed by atoms with van der Waals surface area (Å²) >= 11 is 1.48. The summed E-state index contributed by atoms with van der Waals surface area (Å²) in [6.07, 6.45) is 8.70. The van der Waals surface area contributed by atoms with Crippen molar-refractivity contribution in [1.82, 2.24) is 9.97 Å². The Kier molecular flexibility index (Phi) is 4.10. The first-order valence-electron chi connectivity index (χ1n) is 7.09. The average molecular weight is 299 g/mol. The molecular weight excluding hydrogens is 282 g/mol. The van der Waals surface area contributed by atoms with Gasteiger partial charge in [-0.2, -0.15) is 0 Å². The lowest BCUT2D eigenvalue weighted by molar-refractivity contribution is -0.120. The van der Waals surface area contributed by atoms with Crippen LogP contribution in [0.3, 0.4) is 0 Å². The maximum atomic E-state index is 12.2. The van der Waals surface area contributed by atoms with E-state index >= 15 is 0 Å². The quantitative estimate of drug-likeness (QED) is 0.877. The lowest BCUT2D eigenvalue weighted by Crippen LogP contribution is -2.23. The molecule has 0 bridgehead atoms.